The van der Waals surface area contributed by atoms with Crippen LogP contribution in [0, 0.1) is 0 Å². The van der Waals surface area contributed by atoms with Gasteiger partial charge < -0.3 is 20.1 Å². The van der Waals surface area contributed by atoms with E-state index in [0.717, 1.165) is 16.8 Å². The Bertz CT molecular complexity index is 509. The second-order valence-electron chi connectivity index (χ2n) is 3.75. The van der Waals surface area contributed by atoms with Crippen molar-refractivity contribution in [1.29, 1.82) is 0 Å². The van der Waals surface area contributed by atoms with Crippen LogP contribution in [0.2, 0.25) is 0 Å². The van der Waals surface area contributed by atoms with Crippen LogP contribution in [0.4, 0.5) is 0 Å². The molecule has 0 saturated carbocycles. The minimum Gasteiger partial charge on any atom is -0.394 e. The van der Waals surface area contributed by atoms with Crippen LogP contribution < -0.4 is 11.2 Å². The van der Waals surface area contributed by atoms with Crippen LogP contribution in [0.5, 0.6) is 0 Å². The number of aromatic amines is 1. The molecule has 0 unspecified atom stereocenters. The van der Waals surface area contributed by atoms with Crippen LogP contribution in [0.15, 0.2) is 21.9 Å². The van der Waals surface area contributed by atoms with Gasteiger partial charge in [-0.1, -0.05) is 0 Å². The highest BCUT2D eigenvalue weighted by atomic mass is 16.6. The molecule has 0 aliphatic carbocycles. The Morgan fingerprint density at radius 3 is 2.59 bits per heavy atom. The fourth-order valence-electron chi connectivity index (χ4n) is 1.74. The highest BCUT2D eigenvalue weighted by molar-refractivity contribution is 4.92. The Balaban J connectivity index is 2.35. The molecule has 8 nitrogen and oxygen atoms in total. The molecule has 1 fully saturated rings. The summed E-state index contributed by atoms with van der Waals surface area (Å²) in [6.45, 7) is -0.479. The molecular weight excluding hydrogens is 232 g/mol. The molecule has 4 N–H and O–H groups in total. The maximum atomic E-state index is 11.4. The van der Waals surface area contributed by atoms with E-state index in [-0.39, 0.29) is 0 Å². The van der Waals surface area contributed by atoms with E-state index in [1.165, 1.54) is 0 Å². The Morgan fingerprint density at radius 1 is 1.35 bits per heavy atom. The first kappa shape index (κ1) is 12.0. The van der Waals surface area contributed by atoms with Crippen molar-refractivity contribution in [3.8, 4) is 0 Å². The zero-order valence-electron chi connectivity index (χ0n) is 8.68. The summed E-state index contributed by atoms with van der Waals surface area (Å²) in [5.74, 6) is 0. The Morgan fingerprint density at radius 2 is 2.06 bits per heavy atom. The molecule has 0 aromatic carbocycles. The number of aliphatic hydroxyl groups is 3. The fraction of sp³-hybridized carbons (Fsp3) is 0.556. The van der Waals surface area contributed by atoms with Crippen molar-refractivity contribution < 1.29 is 20.1 Å². The summed E-state index contributed by atoms with van der Waals surface area (Å²) in [4.78, 5) is 24.3. The summed E-state index contributed by atoms with van der Waals surface area (Å²) in [6.07, 6.45) is -3.58. The van der Waals surface area contributed by atoms with E-state index in [4.69, 9.17) is 9.84 Å². The van der Waals surface area contributed by atoms with Crippen molar-refractivity contribution >= 4 is 0 Å². The third-order valence-electron chi connectivity index (χ3n) is 2.64. The largest absolute Gasteiger partial charge is 0.394 e. The average molecular weight is 244 g/mol. The first-order valence-corrected chi connectivity index (χ1v) is 4.98. The summed E-state index contributed by atoms with van der Waals surface area (Å²) in [5.41, 5.74) is -1.33. The Hall–Kier alpha value is -1.48. The third-order valence-corrected chi connectivity index (χ3v) is 2.64. The molecular formula is C9H12N2O6. The van der Waals surface area contributed by atoms with E-state index in [0.29, 0.717) is 0 Å². The lowest BCUT2D eigenvalue weighted by molar-refractivity contribution is -0.0550. The maximum absolute atomic E-state index is 11.4. The molecule has 1 aliphatic heterocycles. The lowest BCUT2D eigenvalue weighted by atomic mass is 10.1. The summed E-state index contributed by atoms with van der Waals surface area (Å²) in [6, 6.07) is 1.09. The van der Waals surface area contributed by atoms with Crippen LogP contribution in [0.3, 0.4) is 0 Å². The molecule has 17 heavy (non-hydrogen) atoms. The van der Waals surface area contributed by atoms with Gasteiger partial charge in [0.25, 0.3) is 5.56 Å². The van der Waals surface area contributed by atoms with Crippen LogP contribution in [-0.2, 0) is 4.74 Å². The van der Waals surface area contributed by atoms with Crippen LogP contribution >= 0.6 is 0 Å². The molecule has 0 radical (unpaired) electrons. The molecule has 1 saturated heterocycles. The maximum Gasteiger partial charge on any atom is 0.330 e. The minimum atomic E-state index is -1.35. The molecule has 1 aliphatic rings. The average Bonchev–Trinajstić information content (AvgIpc) is 2.57. The van der Waals surface area contributed by atoms with Crippen LogP contribution in [0.25, 0.3) is 0 Å². The van der Waals surface area contributed by atoms with E-state index in [2.05, 4.69) is 0 Å². The van der Waals surface area contributed by atoms with Gasteiger partial charge in [0.05, 0.1) is 6.61 Å². The van der Waals surface area contributed by atoms with Crippen molar-refractivity contribution in [2.75, 3.05) is 6.61 Å². The summed E-state index contributed by atoms with van der Waals surface area (Å²) >= 11 is 0. The normalized spacial score (nSPS) is 32.9. The van der Waals surface area contributed by atoms with Gasteiger partial charge in [-0.25, -0.2) is 4.79 Å². The predicted molar refractivity (Wildman–Crippen MR) is 54.3 cm³/mol. The molecule has 8 heteroatoms. The summed E-state index contributed by atoms with van der Waals surface area (Å²) in [5, 5.41) is 28.1. The highest BCUT2D eigenvalue weighted by Crippen LogP contribution is 2.27. The SMILES string of the molecule is O=c1ccn([C@H]2O[C@H](CO)[C@H](O)[C@@H]2O)c(=O)[nH]1. The van der Waals surface area contributed by atoms with E-state index in [9.17, 15) is 19.8 Å². The molecule has 0 spiro atoms. The number of ether oxygens (including phenoxy) is 1. The topological polar surface area (TPSA) is 125 Å². The van der Waals surface area contributed by atoms with Gasteiger partial charge in [0, 0.05) is 12.3 Å². The first-order chi connectivity index (χ1) is 8.04. The molecule has 4 atom stereocenters. The molecule has 1 aromatic rings. The van der Waals surface area contributed by atoms with Gasteiger partial charge >= 0.3 is 5.69 Å². The highest BCUT2D eigenvalue weighted by Gasteiger charge is 2.43. The van der Waals surface area contributed by atoms with Gasteiger partial charge in [0.2, 0.25) is 0 Å². The summed E-state index contributed by atoms with van der Waals surface area (Å²) < 4.78 is 6.08. The number of aliphatic hydroxyl groups excluding tert-OH is 3. The standard InChI is InChI=1S/C9H12N2O6/c12-3-4-6(14)7(15)8(17-4)11-2-1-5(13)10-9(11)16/h1-2,4,6-8,12,14-15H,3H2,(H,10,13,16)/t4-,6+,7+,8+/m1/s1. The lowest BCUT2D eigenvalue weighted by Gasteiger charge is -2.16. The zero-order chi connectivity index (χ0) is 12.6. The monoisotopic (exact) mass is 244 g/mol. The van der Waals surface area contributed by atoms with Gasteiger partial charge in [-0.3, -0.25) is 14.3 Å². The van der Waals surface area contributed by atoms with Gasteiger partial charge in [-0.05, 0) is 0 Å². The Kier molecular flexibility index (Phi) is 3.11. The van der Waals surface area contributed by atoms with E-state index in [1.54, 1.807) is 0 Å². The second kappa shape index (κ2) is 4.41. The van der Waals surface area contributed by atoms with Crippen molar-refractivity contribution in [3.05, 3.63) is 33.1 Å². The fourth-order valence-corrected chi connectivity index (χ4v) is 1.74. The zero-order valence-corrected chi connectivity index (χ0v) is 8.68. The van der Waals surface area contributed by atoms with Gasteiger partial charge in [-0.15, -0.1) is 0 Å². The predicted octanol–water partition coefficient (Wildman–Crippen LogP) is -2.85. The van der Waals surface area contributed by atoms with Crippen molar-refractivity contribution in [3.63, 3.8) is 0 Å². The smallest absolute Gasteiger partial charge is 0.330 e. The van der Waals surface area contributed by atoms with Crippen molar-refractivity contribution in [2.45, 2.75) is 24.5 Å². The van der Waals surface area contributed by atoms with Gasteiger partial charge in [0.1, 0.15) is 18.3 Å². The lowest BCUT2D eigenvalue weighted by Crippen LogP contribution is -2.37. The Labute approximate surface area is 94.7 Å². The van der Waals surface area contributed by atoms with Crippen LogP contribution in [-0.4, -0.2) is 49.8 Å². The molecule has 0 bridgehead atoms. The number of nitrogens with one attached hydrogen (secondary N) is 1. The van der Waals surface area contributed by atoms with E-state index in [1.807, 2.05) is 4.98 Å². The van der Waals surface area contributed by atoms with Gasteiger partial charge in [-0.2, -0.15) is 0 Å². The second-order valence-corrected chi connectivity index (χ2v) is 3.75. The molecule has 2 rings (SSSR count). The van der Waals surface area contributed by atoms with Crippen molar-refractivity contribution in [1.82, 2.24) is 9.55 Å². The van der Waals surface area contributed by atoms with E-state index >= 15 is 0 Å². The molecule has 0 amide bonds. The van der Waals surface area contributed by atoms with E-state index < -0.39 is 42.4 Å². The quantitative estimate of drug-likeness (QED) is 0.444. The number of hydrogen-bond donors (Lipinski definition) is 4. The van der Waals surface area contributed by atoms with Gasteiger partial charge in [0.15, 0.2) is 6.23 Å². The van der Waals surface area contributed by atoms with Crippen molar-refractivity contribution in [2.24, 2.45) is 0 Å². The third kappa shape index (κ3) is 2.03. The number of aromatic nitrogens is 2. The van der Waals surface area contributed by atoms with Crippen LogP contribution in [0.1, 0.15) is 6.23 Å². The number of nitrogens with zero attached hydrogens (tertiary/aromatic N) is 1. The summed E-state index contributed by atoms with van der Waals surface area (Å²) in [7, 11) is 0. The molecule has 1 aromatic heterocycles. The number of H-pyrrole nitrogens is 1. The number of rotatable bonds is 2. The molecule has 2 heterocycles. The minimum absolute atomic E-state index is 0.479. The molecule has 94 valence electrons. The number of hydrogen-bond acceptors (Lipinski definition) is 6. The first-order valence-electron chi connectivity index (χ1n) is 4.98.